The van der Waals surface area contributed by atoms with E-state index in [0.717, 1.165) is 12.1 Å². The van der Waals surface area contributed by atoms with Gasteiger partial charge in [-0.25, -0.2) is 0 Å². The van der Waals surface area contributed by atoms with Crippen LogP contribution in [-0.4, -0.2) is 27.1 Å². The molecule has 0 aromatic carbocycles. The largest absolute Gasteiger partial charge is 0.417 e. The van der Waals surface area contributed by atoms with Gasteiger partial charge in [0.05, 0.1) is 11.1 Å². The van der Waals surface area contributed by atoms with Crippen LogP contribution in [0.5, 0.6) is 0 Å². The van der Waals surface area contributed by atoms with Crippen molar-refractivity contribution >= 4 is 37.8 Å². The molecule has 0 unspecified atom stereocenters. The average molecular weight is 418 g/mol. The number of pyridine rings is 1. The number of halogens is 5. The Morgan fingerprint density at radius 1 is 1.30 bits per heavy atom. The van der Waals surface area contributed by atoms with E-state index in [0.29, 0.717) is 23.3 Å². The minimum Gasteiger partial charge on any atom is -0.344 e. The Morgan fingerprint density at radius 2 is 1.90 bits per heavy atom. The molecule has 0 spiro atoms. The van der Waals surface area contributed by atoms with Crippen LogP contribution in [0.1, 0.15) is 29.4 Å². The lowest BCUT2D eigenvalue weighted by molar-refractivity contribution is -0.137. The van der Waals surface area contributed by atoms with Crippen LogP contribution in [-0.2, 0) is 6.18 Å². The van der Waals surface area contributed by atoms with Crippen molar-refractivity contribution in [2.75, 3.05) is 10.7 Å². The second-order valence-corrected chi connectivity index (χ2v) is 5.41. The monoisotopic (exact) mass is 416 g/mol. The molecule has 0 atom stereocenters. The van der Waals surface area contributed by atoms with Crippen LogP contribution in [0.2, 0.25) is 0 Å². The van der Waals surface area contributed by atoms with Gasteiger partial charge in [0.1, 0.15) is 5.69 Å². The van der Waals surface area contributed by atoms with Crippen molar-refractivity contribution in [1.82, 2.24) is 10.3 Å². The third kappa shape index (κ3) is 4.18. The van der Waals surface area contributed by atoms with E-state index in [1.165, 1.54) is 0 Å². The molecule has 20 heavy (non-hydrogen) atoms. The van der Waals surface area contributed by atoms with E-state index in [1.807, 2.05) is 6.92 Å². The molecule has 0 radical (unpaired) electrons. The highest BCUT2D eigenvalue weighted by Crippen LogP contribution is 2.28. The van der Waals surface area contributed by atoms with E-state index in [9.17, 15) is 18.0 Å². The Labute approximate surface area is 131 Å². The molecule has 0 bridgehead atoms. The molecule has 1 aromatic rings. The summed E-state index contributed by atoms with van der Waals surface area (Å²) >= 11 is 6.64. The maximum atomic E-state index is 12.4. The van der Waals surface area contributed by atoms with E-state index < -0.39 is 23.2 Å². The fourth-order valence-electron chi connectivity index (χ4n) is 1.38. The van der Waals surface area contributed by atoms with Crippen LogP contribution in [0, 0.1) is 0 Å². The summed E-state index contributed by atoms with van der Waals surface area (Å²) in [5.74, 6) is -0.500. The van der Waals surface area contributed by atoms with Gasteiger partial charge >= 0.3 is 6.18 Å². The smallest absolute Gasteiger partial charge is 0.344 e. The van der Waals surface area contributed by atoms with Gasteiger partial charge in [0, 0.05) is 16.9 Å². The van der Waals surface area contributed by atoms with Crippen LogP contribution in [0.15, 0.2) is 18.3 Å². The highest BCUT2D eigenvalue weighted by molar-refractivity contribution is 9.09. The van der Waals surface area contributed by atoms with Crippen LogP contribution < -0.4 is 5.32 Å². The third-order valence-electron chi connectivity index (χ3n) is 2.89. The molecule has 0 saturated carbocycles. The molecule has 3 nitrogen and oxygen atoms in total. The molecular weight excluding hydrogens is 405 g/mol. The number of hydrogen-bond donors (Lipinski definition) is 1. The maximum absolute atomic E-state index is 12.4. The first kappa shape index (κ1) is 17.4. The lowest BCUT2D eigenvalue weighted by Crippen LogP contribution is -2.51. The van der Waals surface area contributed by atoms with Crippen molar-refractivity contribution < 1.29 is 18.0 Å². The van der Waals surface area contributed by atoms with Crippen molar-refractivity contribution in [2.24, 2.45) is 0 Å². The highest BCUT2D eigenvalue weighted by atomic mass is 79.9. The molecular formula is C12H13Br2F3N2O. The van der Waals surface area contributed by atoms with Crippen molar-refractivity contribution in [3.63, 3.8) is 0 Å². The van der Waals surface area contributed by atoms with Crippen molar-refractivity contribution in [2.45, 2.75) is 25.1 Å². The first-order chi connectivity index (χ1) is 9.28. The molecule has 1 N–H and O–H groups in total. The molecule has 112 valence electrons. The summed E-state index contributed by atoms with van der Waals surface area (Å²) < 4.78 is 37.2. The van der Waals surface area contributed by atoms with Gasteiger partial charge in [-0.1, -0.05) is 38.8 Å². The lowest BCUT2D eigenvalue weighted by atomic mass is 10.0. The molecule has 0 aliphatic carbocycles. The summed E-state index contributed by atoms with van der Waals surface area (Å²) in [6.45, 7) is 1.91. The number of nitrogens with one attached hydrogen (secondary N) is 1. The standard InChI is InChI=1S/C12H13Br2F3N2O/c1-2-11(6-13,7-14)19-10(20)9-4-3-8(5-18-9)12(15,16)17/h3-5H,2,6-7H2,1H3,(H,19,20). The Hall–Kier alpha value is -0.630. The second-order valence-electron chi connectivity index (χ2n) is 4.29. The normalized spacial score (nSPS) is 12.3. The van der Waals surface area contributed by atoms with Gasteiger partial charge in [-0.3, -0.25) is 9.78 Å². The summed E-state index contributed by atoms with van der Waals surface area (Å²) in [5, 5.41) is 3.82. The zero-order valence-electron chi connectivity index (χ0n) is 10.6. The maximum Gasteiger partial charge on any atom is 0.417 e. The van der Waals surface area contributed by atoms with Gasteiger partial charge in [0.15, 0.2) is 0 Å². The Balaban J connectivity index is 2.88. The Kier molecular flexibility index (Phi) is 6.00. The van der Waals surface area contributed by atoms with Gasteiger partial charge in [0.2, 0.25) is 0 Å². The van der Waals surface area contributed by atoms with E-state index in [2.05, 4.69) is 42.2 Å². The molecule has 0 aliphatic rings. The summed E-state index contributed by atoms with van der Waals surface area (Å²) in [4.78, 5) is 15.6. The van der Waals surface area contributed by atoms with Gasteiger partial charge in [-0.2, -0.15) is 13.2 Å². The van der Waals surface area contributed by atoms with Crippen molar-refractivity contribution in [1.29, 1.82) is 0 Å². The number of aromatic nitrogens is 1. The molecule has 8 heteroatoms. The van der Waals surface area contributed by atoms with Gasteiger partial charge in [-0.05, 0) is 18.6 Å². The van der Waals surface area contributed by atoms with E-state index in [1.54, 1.807) is 0 Å². The first-order valence-corrected chi connectivity index (χ1v) is 8.00. The minimum absolute atomic E-state index is 0.0438. The van der Waals surface area contributed by atoms with Crippen molar-refractivity contribution in [3.8, 4) is 0 Å². The first-order valence-electron chi connectivity index (χ1n) is 5.75. The zero-order chi connectivity index (χ0) is 15.4. The summed E-state index contributed by atoms with van der Waals surface area (Å²) in [6, 6.07) is 1.92. The Bertz CT molecular complexity index is 451. The minimum atomic E-state index is -4.46. The second kappa shape index (κ2) is 6.89. The number of carbonyl (C=O) groups is 1. The van der Waals surface area contributed by atoms with Gasteiger partial charge < -0.3 is 5.32 Å². The SMILES string of the molecule is CCC(CBr)(CBr)NC(=O)c1ccc(C(F)(F)F)cn1. The van der Waals surface area contributed by atoms with Crippen LogP contribution >= 0.6 is 31.9 Å². The predicted molar refractivity (Wildman–Crippen MR) is 77.3 cm³/mol. The molecule has 0 saturated heterocycles. The third-order valence-corrected chi connectivity index (χ3v) is 5.04. The average Bonchev–Trinajstić information content (AvgIpc) is 2.44. The van der Waals surface area contributed by atoms with E-state index >= 15 is 0 Å². The fourth-order valence-corrected chi connectivity index (χ4v) is 3.38. The van der Waals surface area contributed by atoms with Gasteiger partial charge in [-0.15, -0.1) is 0 Å². The molecule has 1 amide bonds. The van der Waals surface area contributed by atoms with Crippen molar-refractivity contribution in [3.05, 3.63) is 29.6 Å². The Morgan fingerprint density at radius 3 is 2.25 bits per heavy atom. The predicted octanol–water partition coefficient (Wildman–Crippen LogP) is 3.77. The van der Waals surface area contributed by atoms with Crippen LogP contribution in [0.25, 0.3) is 0 Å². The molecule has 1 aromatic heterocycles. The number of alkyl halides is 5. The molecule has 1 heterocycles. The number of carbonyl (C=O) groups excluding carboxylic acids is 1. The fraction of sp³-hybridized carbons (Fsp3) is 0.500. The molecule has 0 fully saturated rings. The number of rotatable bonds is 5. The van der Waals surface area contributed by atoms with Crippen LogP contribution in [0.3, 0.4) is 0 Å². The van der Waals surface area contributed by atoms with Crippen LogP contribution in [0.4, 0.5) is 13.2 Å². The molecule has 1 rings (SSSR count). The number of amides is 1. The number of nitrogens with zero attached hydrogens (tertiary/aromatic N) is 1. The number of hydrogen-bond acceptors (Lipinski definition) is 2. The van der Waals surface area contributed by atoms with E-state index in [4.69, 9.17) is 0 Å². The van der Waals surface area contributed by atoms with Gasteiger partial charge in [0.25, 0.3) is 5.91 Å². The topological polar surface area (TPSA) is 42.0 Å². The van der Waals surface area contributed by atoms with E-state index in [-0.39, 0.29) is 5.69 Å². The molecule has 0 aliphatic heterocycles. The highest BCUT2D eigenvalue weighted by Gasteiger charge is 2.32. The zero-order valence-corrected chi connectivity index (χ0v) is 13.8. The summed E-state index contributed by atoms with van der Waals surface area (Å²) in [5.41, 5.74) is -1.42. The summed E-state index contributed by atoms with van der Waals surface area (Å²) in [7, 11) is 0. The lowest BCUT2D eigenvalue weighted by Gasteiger charge is -2.29. The summed E-state index contributed by atoms with van der Waals surface area (Å²) in [6.07, 6.45) is -3.14. The quantitative estimate of drug-likeness (QED) is 0.741.